The van der Waals surface area contributed by atoms with Crippen molar-refractivity contribution in [1.29, 1.82) is 0 Å². The van der Waals surface area contributed by atoms with Gasteiger partial charge in [-0.15, -0.1) is 0 Å². The molecule has 1 unspecified atom stereocenters. The lowest BCUT2D eigenvalue weighted by Gasteiger charge is -2.34. The van der Waals surface area contributed by atoms with Crippen molar-refractivity contribution in [2.75, 3.05) is 11.9 Å². The monoisotopic (exact) mass is 393 g/mol. The van der Waals surface area contributed by atoms with E-state index in [1.807, 2.05) is 0 Å². The molecule has 0 radical (unpaired) electrons. The molecule has 0 amide bonds. The largest absolute Gasteiger partial charge is 0.295 e. The van der Waals surface area contributed by atoms with Gasteiger partial charge in [0.05, 0.1) is 0 Å². The Bertz CT molecular complexity index is 325. The molecule has 1 aliphatic rings. The summed E-state index contributed by atoms with van der Waals surface area (Å²) in [5, 5.41) is 1.11. The molecule has 1 aromatic carbocycles. The molecule has 1 nitrogen and oxygen atoms in total. The SMILES string of the molecule is BrCC1CCCCN1Cc1ccc(I)cc1. The van der Waals surface area contributed by atoms with Crippen molar-refractivity contribution in [2.45, 2.75) is 31.8 Å². The standard InChI is InChI=1S/C13H17BrIN/c14-9-13-3-1-2-8-16(13)10-11-4-6-12(15)7-5-11/h4-7,13H,1-3,8-10H2. The molecule has 1 heterocycles. The summed E-state index contributed by atoms with van der Waals surface area (Å²) in [6.07, 6.45) is 4.09. The van der Waals surface area contributed by atoms with E-state index in [9.17, 15) is 0 Å². The van der Waals surface area contributed by atoms with Crippen LogP contribution >= 0.6 is 38.5 Å². The van der Waals surface area contributed by atoms with Crippen LogP contribution < -0.4 is 0 Å². The average Bonchev–Trinajstić information content (AvgIpc) is 2.33. The molecule has 1 aromatic rings. The second kappa shape index (κ2) is 6.36. The lowest BCUT2D eigenvalue weighted by Crippen LogP contribution is -2.39. The molecule has 2 rings (SSSR count). The van der Waals surface area contributed by atoms with Crippen molar-refractivity contribution in [3.05, 3.63) is 33.4 Å². The van der Waals surface area contributed by atoms with Gasteiger partial charge < -0.3 is 0 Å². The summed E-state index contributed by atoms with van der Waals surface area (Å²) in [4.78, 5) is 2.61. The Hall–Kier alpha value is 0.390. The van der Waals surface area contributed by atoms with Crippen LogP contribution in [0.25, 0.3) is 0 Å². The van der Waals surface area contributed by atoms with Gasteiger partial charge in [-0.25, -0.2) is 0 Å². The normalized spacial score (nSPS) is 22.2. The van der Waals surface area contributed by atoms with Crippen molar-refractivity contribution in [3.63, 3.8) is 0 Å². The zero-order chi connectivity index (χ0) is 11.4. The van der Waals surface area contributed by atoms with Gasteiger partial charge in [0.25, 0.3) is 0 Å². The minimum absolute atomic E-state index is 0.730. The first kappa shape index (κ1) is 12.8. The van der Waals surface area contributed by atoms with E-state index in [0.717, 1.165) is 17.9 Å². The molecule has 88 valence electrons. The van der Waals surface area contributed by atoms with E-state index in [4.69, 9.17) is 0 Å². The Balaban J connectivity index is 1.99. The Kier molecular flexibility index (Phi) is 5.10. The number of benzene rings is 1. The molecule has 0 aromatic heterocycles. The average molecular weight is 394 g/mol. The lowest BCUT2D eigenvalue weighted by molar-refractivity contribution is 0.156. The van der Waals surface area contributed by atoms with Crippen LogP contribution in [0, 0.1) is 3.57 Å². The van der Waals surface area contributed by atoms with Gasteiger partial charge in [0.2, 0.25) is 0 Å². The first-order valence-corrected chi connectivity index (χ1v) is 8.04. The Morgan fingerprint density at radius 1 is 1.25 bits per heavy atom. The van der Waals surface area contributed by atoms with E-state index in [0.29, 0.717) is 0 Å². The van der Waals surface area contributed by atoms with E-state index in [2.05, 4.69) is 67.7 Å². The zero-order valence-corrected chi connectivity index (χ0v) is 13.1. The molecule has 0 aliphatic carbocycles. The molecular weight excluding hydrogens is 377 g/mol. The fourth-order valence-corrected chi connectivity index (χ4v) is 3.36. The number of hydrogen-bond acceptors (Lipinski definition) is 1. The van der Waals surface area contributed by atoms with E-state index < -0.39 is 0 Å². The lowest BCUT2D eigenvalue weighted by atomic mass is 10.0. The fourth-order valence-electron chi connectivity index (χ4n) is 2.27. The Labute approximate surface area is 120 Å². The summed E-state index contributed by atoms with van der Waals surface area (Å²) < 4.78 is 1.32. The van der Waals surface area contributed by atoms with Gasteiger partial charge in [-0.3, -0.25) is 4.90 Å². The molecule has 1 aliphatic heterocycles. The van der Waals surface area contributed by atoms with Gasteiger partial charge in [-0.2, -0.15) is 0 Å². The van der Waals surface area contributed by atoms with Gasteiger partial charge in [0.15, 0.2) is 0 Å². The number of rotatable bonds is 3. The molecule has 0 bridgehead atoms. The highest BCUT2D eigenvalue weighted by Crippen LogP contribution is 2.21. The summed E-state index contributed by atoms with van der Waals surface area (Å²) >= 11 is 5.99. The van der Waals surface area contributed by atoms with Gasteiger partial charge in [0.1, 0.15) is 0 Å². The summed E-state index contributed by atoms with van der Waals surface area (Å²) in [6.45, 7) is 2.36. The summed E-state index contributed by atoms with van der Waals surface area (Å²) in [5.41, 5.74) is 1.44. The highest BCUT2D eigenvalue weighted by molar-refractivity contribution is 14.1. The molecule has 1 atom stereocenters. The van der Waals surface area contributed by atoms with Gasteiger partial charge in [-0.1, -0.05) is 34.5 Å². The molecule has 16 heavy (non-hydrogen) atoms. The van der Waals surface area contributed by atoms with Gasteiger partial charge >= 0.3 is 0 Å². The van der Waals surface area contributed by atoms with E-state index >= 15 is 0 Å². The first-order valence-electron chi connectivity index (χ1n) is 5.84. The first-order chi connectivity index (χ1) is 7.79. The van der Waals surface area contributed by atoms with Crippen molar-refractivity contribution >= 4 is 38.5 Å². The van der Waals surface area contributed by atoms with Crippen LogP contribution in [-0.2, 0) is 6.54 Å². The third-order valence-electron chi connectivity index (χ3n) is 3.23. The summed E-state index contributed by atoms with van der Waals surface area (Å²) in [6, 6.07) is 9.63. The third-order valence-corrected chi connectivity index (χ3v) is 4.69. The van der Waals surface area contributed by atoms with Crippen LogP contribution in [-0.4, -0.2) is 22.8 Å². The molecule has 1 saturated heterocycles. The fraction of sp³-hybridized carbons (Fsp3) is 0.538. The summed E-state index contributed by atoms with van der Waals surface area (Å²) in [7, 11) is 0. The third kappa shape index (κ3) is 3.44. The number of piperidine rings is 1. The van der Waals surface area contributed by atoms with Gasteiger partial charge in [0, 0.05) is 21.5 Å². The number of alkyl halides is 1. The van der Waals surface area contributed by atoms with Crippen LogP contribution in [0.3, 0.4) is 0 Å². The quantitative estimate of drug-likeness (QED) is 0.553. The van der Waals surface area contributed by atoms with Crippen molar-refractivity contribution in [2.24, 2.45) is 0 Å². The number of nitrogens with zero attached hydrogens (tertiary/aromatic N) is 1. The molecule has 0 N–H and O–H groups in total. The molecule has 3 heteroatoms. The number of likely N-dealkylation sites (tertiary alicyclic amines) is 1. The topological polar surface area (TPSA) is 3.24 Å². The van der Waals surface area contributed by atoms with E-state index in [1.54, 1.807) is 0 Å². The van der Waals surface area contributed by atoms with Crippen LogP contribution in [0.1, 0.15) is 24.8 Å². The predicted octanol–water partition coefficient (Wildman–Crippen LogP) is 4.04. The highest BCUT2D eigenvalue weighted by atomic mass is 127. The molecule has 0 saturated carbocycles. The maximum absolute atomic E-state index is 3.63. The van der Waals surface area contributed by atoms with E-state index in [-0.39, 0.29) is 0 Å². The smallest absolute Gasteiger partial charge is 0.0237 e. The molecular formula is C13H17BrIN. The predicted molar refractivity (Wildman–Crippen MR) is 81.0 cm³/mol. The van der Waals surface area contributed by atoms with Crippen LogP contribution in [0.15, 0.2) is 24.3 Å². The maximum Gasteiger partial charge on any atom is 0.0237 e. The Morgan fingerprint density at radius 3 is 2.69 bits per heavy atom. The van der Waals surface area contributed by atoms with Crippen LogP contribution in [0.2, 0.25) is 0 Å². The van der Waals surface area contributed by atoms with Crippen molar-refractivity contribution < 1.29 is 0 Å². The van der Waals surface area contributed by atoms with Crippen LogP contribution in [0.5, 0.6) is 0 Å². The van der Waals surface area contributed by atoms with Crippen LogP contribution in [0.4, 0.5) is 0 Å². The second-order valence-electron chi connectivity index (χ2n) is 4.40. The molecule has 0 spiro atoms. The minimum Gasteiger partial charge on any atom is -0.295 e. The second-order valence-corrected chi connectivity index (χ2v) is 6.29. The van der Waals surface area contributed by atoms with Gasteiger partial charge in [-0.05, 0) is 59.7 Å². The highest BCUT2D eigenvalue weighted by Gasteiger charge is 2.20. The molecule has 1 fully saturated rings. The number of hydrogen-bond donors (Lipinski definition) is 0. The minimum atomic E-state index is 0.730. The van der Waals surface area contributed by atoms with Crippen molar-refractivity contribution in [1.82, 2.24) is 4.90 Å². The zero-order valence-electron chi connectivity index (χ0n) is 9.33. The van der Waals surface area contributed by atoms with Crippen molar-refractivity contribution in [3.8, 4) is 0 Å². The number of halogens is 2. The maximum atomic E-state index is 3.63. The Morgan fingerprint density at radius 2 is 2.00 bits per heavy atom. The van der Waals surface area contributed by atoms with E-state index in [1.165, 1.54) is 34.9 Å². The summed E-state index contributed by atoms with van der Waals surface area (Å²) in [5.74, 6) is 0.